The van der Waals surface area contributed by atoms with E-state index in [1.807, 2.05) is 0 Å². The Morgan fingerprint density at radius 1 is 1.00 bits per heavy atom. The first-order chi connectivity index (χ1) is 24.4. The number of rotatable bonds is 12. The van der Waals surface area contributed by atoms with Crippen molar-refractivity contribution in [2.24, 2.45) is 5.41 Å². The minimum absolute atomic E-state index is 0.171. The van der Waals surface area contributed by atoms with Crippen LogP contribution in [0.15, 0.2) is 43.0 Å². The molecule has 8 rings (SSSR count). The number of amides is 1. The number of carbonyl (C=O) groups is 1. The average molecular weight is 697 g/mol. The van der Waals surface area contributed by atoms with Crippen LogP contribution in [0, 0.1) is 5.41 Å². The third-order valence-electron chi connectivity index (χ3n) is 12.6. The molecule has 268 valence electrons. The molecule has 2 aromatic carbocycles. The molecule has 3 aliphatic carbocycles. The Morgan fingerprint density at radius 2 is 1.74 bits per heavy atom. The minimum atomic E-state index is -1.11. The molecule has 3 unspecified atom stereocenters. The number of hydrogen-bond donors (Lipinski definition) is 1. The van der Waals surface area contributed by atoms with Gasteiger partial charge in [-0.2, -0.15) is 0 Å². The Bertz CT molecular complexity index is 1790. The maximum Gasteiger partial charge on any atom is 0.231 e. The average Bonchev–Trinajstić information content (AvgIpc) is 4.08. The number of benzene rings is 2. The molecule has 2 aliphatic heterocycles. The van der Waals surface area contributed by atoms with E-state index >= 15 is 0 Å². The van der Waals surface area contributed by atoms with E-state index in [0.717, 1.165) is 69.6 Å². The van der Waals surface area contributed by atoms with E-state index in [0.29, 0.717) is 30.1 Å². The smallest absolute Gasteiger partial charge is 0.231 e. The fraction of sp³-hybridized carbons (Fsp3) is 0.595. The maximum atomic E-state index is 15.0. The second-order valence-corrected chi connectivity index (χ2v) is 17.4. The number of carbonyl (C=O) groups excluding carboxylic acids is 1. The zero-order valence-electron chi connectivity index (χ0n) is 30.5. The Hall–Kier alpha value is -3.10. The molecule has 0 spiro atoms. The second kappa shape index (κ2) is 13.8. The molecule has 3 atom stereocenters. The largest absolute Gasteiger partial charge is 0.497 e. The second-order valence-electron chi connectivity index (χ2n) is 15.9. The number of methoxy groups -OCH3 is 1. The lowest BCUT2D eigenvalue weighted by atomic mass is 9.81. The van der Waals surface area contributed by atoms with Gasteiger partial charge in [-0.3, -0.25) is 4.79 Å². The van der Waals surface area contributed by atoms with Crippen molar-refractivity contribution < 1.29 is 13.7 Å². The first kappa shape index (κ1) is 34.0. The van der Waals surface area contributed by atoms with Crippen molar-refractivity contribution in [3.63, 3.8) is 0 Å². The summed E-state index contributed by atoms with van der Waals surface area (Å²) in [7, 11) is 0.641. The highest BCUT2D eigenvalue weighted by Gasteiger charge is 2.64. The third kappa shape index (κ3) is 6.02. The van der Waals surface area contributed by atoms with E-state index in [4.69, 9.17) is 4.74 Å². The van der Waals surface area contributed by atoms with Crippen LogP contribution in [0.1, 0.15) is 119 Å². The normalized spacial score (nSPS) is 24.3. The van der Waals surface area contributed by atoms with Gasteiger partial charge in [0.2, 0.25) is 5.91 Å². The van der Waals surface area contributed by atoms with Crippen molar-refractivity contribution >= 4 is 33.5 Å². The zero-order valence-corrected chi connectivity index (χ0v) is 31.3. The molecule has 50 heavy (non-hydrogen) atoms. The van der Waals surface area contributed by atoms with Gasteiger partial charge in [0.1, 0.15) is 16.7 Å². The predicted octanol–water partition coefficient (Wildman–Crippen LogP) is 8.35. The lowest BCUT2D eigenvalue weighted by Crippen LogP contribution is -2.49. The molecule has 7 nitrogen and oxygen atoms in total. The molecule has 1 amide bonds. The Balaban J connectivity index is 1.21. The fourth-order valence-electron chi connectivity index (χ4n) is 9.81. The Morgan fingerprint density at radius 3 is 2.42 bits per heavy atom. The molecule has 4 fully saturated rings. The van der Waals surface area contributed by atoms with Crippen LogP contribution in [-0.2, 0) is 22.3 Å². The maximum absolute atomic E-state index is 15.0. The van der Waals surface area contributed by atoms with Crippen LogP contribution in [0.4, 0.5) is 0 Å². The van der Waals surface area contributed by atoms with Crippen molar-refractivity contribution in [1.82, 2.24) is 19.1 Å². The summed E-state index contributed by atoms with van der Waals surface area (Å²) in [5, 5.41) is 1.53. The predicted molar refractivity (Wildman–Crippen MR) is 205 cm³/mol. The van der Waals surface area contributed by atoms with Gasteiger partial charge in [-0.05, 0) is 118 Å². The van der Waals surface area contributed by atoms with Gasteiger partial charge < -0.3 is 23.8 Å². The van der Waals surface area contributed by atoms with Crippen molar-refractivity contribution in [2.45, 2.75) is 121 Å². The summed E-state index contributed by atoms with van der Waals surface area (Å²) in [5.74, 6) is 1.86. The number of aromatic nitrogens is 1. The summed E-state index contributed by atoms with van der Waals surface area (Å²) >= 11 is 0. The van der Waals surface area contributed by atoms with Gasteiger partial charge in [0.25, 0.3) is 0 Å². The van der Waals surface area contributed by atoms with Crippen molar-refractivity contribution in [2.75, 3.05) is 33.3 Å². The molecule has 0 bridgehead atoms. The first-order valence-electron chi connectivity index (χ1n) is 19.6. The Kier molecular flexibility index (Phi) is 9.38. The lowest BCUT2D eigenvalue weighted by Gasteiger charge is -2.40. The van der Waals surface area contributed by atoms with E-state index in [9.17, 15) is 9.00 Å². The third-order valence-corrected chi connectivity index (χ3v) is 14.2. The molecule has 3 saturated carbocycles. The van der Waals surface area contributed by atoms with Crippen LogP contribution >= 0.6 is 0 Å². The number of nitrogens with one attached hydrogen (secondary N) is 1. The highest BCUT2D eigenvalue weighted by Crippen LogP contribution is 2.66. The summed E-state index contributed by atoms with van der Waals surface area (Å²) in [6, 6.07) is 13.9. The van der Waals surface area contributed by atoms with Crippen molar-refractivity contribution in [1.29, 1.82) is 0 Å². The SMILES string of the molecule is C=C(NS(=O)C1CC1)c1ccc2c(C3CCCCC3)c3n(c2c1)CC1(C(=O)N2CCC(N(CCC)CCC)CC2)CC1c1cc(OC)ccc1-3. The monoisotopic (exact) mass is 696 g/mol. The van der Waals surface area contributed by atoms with E-state index in [-0.39, 0.29) is 11.2 Å². The highest BCUT2D eigenvalue weighted by atomic mass is 32.2. The van der Waals surface area contributed by atoms with Gasteiger partial charge in [-0.15, -0.1) is 0 Å². The van der Waals surface area contributed by atoms with Crippen LogP contribution in [0.5, 0.6) is 5.75 Å². The lowest BCUT2D eigenvalue weighted by molar-refractivity contribution is -0.139. The summed E-state index contributed by atoms with van der Waals surface area (Å²) in [5.41, 5.74) is 7.68. The molecule has 3 aromatic rings. The van der Waals surface area contributed by atoms with E-state index in [1.54, 1.807) is 7.11 Å². The van der Waals surface area contributed by atoms with E-state index in [1.165, 1.54) is 78.2 Å². The van der Waals surface area contributed by atoms with E-state index < -0.39 is 16.4 Å². The molecule has 3 heterocycles. The number of ether oxygens (including phenoxy) is 1. The summed E-state index contributed by atoms with van der Waals surface area (Å²) in [6.45, 7) is 13.5. The van der Waals surface area contributed by atoms with Crippen LogP contribution in [0.2, 0.25) is 0 Å². The molecule has 1 aromatic heterocycles. The summed E-state index contributed by atoms with van der Waals surface area (Å²) < 4.78 is 24.4. The molecular weight excluding hydrogens is 641 g/mol. The van der Waals surface area contributed by atoms with Gasteiger partial charge in [0.05, 0.1) is 23.5 Å². The summed E-state index contributed by atoms with van der Waals surface area (Å²) in [6.07, 6.45) is 13.6. The van der Waals surface area contributed by atoms with Crippen molar-refractivity contribution in [3.8, 4) is 17.0 Å². The van der Waals surface area contributed by atoms with Crippen LogP contribution in [0.25, 0.3) is 27.9 Å². The van der Waals surface area contributed by atoms with Gasteiger partial charge in [-0.25, -0.2) is 4.21 Å². The number of nitrogens with zero attached hydrogens (tertiary/aromatic N) is 3. The van der Waals surface area contributed by atoms with Gasteiger partial charge in [0, 0.05) is 53.8 Å². The topological polar surface area (TPSA) is 66.8 Å². The van der Waals surface area contributed by atoms with Gasteiger partial charge in [0.15, 0.2) is 0 Å². The fourth-order valence-corrected chi connectivity index (χ4v) is 10.9. The molecule has 0 radical (unpaired) electrons. The molecule has 1 saturated heterocycles. The van der Waals surface area contributed by atoms with Gasteiger partial charge >= 0.3 is 0 Å². The first-order valence-corrected chi connectivity index (χ1v) is 20.8. The molecule has 5 aliphatic rings. The number of hydrogen-bond acceptors (Lipinski definition) is 4. The quantitative estimate of drug-likeness (QED) is 0.207. The standard InChI is InChI=1S/C42H56N4O3S/c1-5-20-44(21-6-2)31-18-22-45(23-19-31)41(47)42-26-37(42)36-25-32(49-4)13-17-34(36)40-39(29-10-8-7-9-11-29)35-16-12-30(24-38(35)46(40)27-42)28(3)43-50(48)33-14-15-33/h12-13,16-17,24-25,29,31,33,37,43H,3,5-11,14-15,18-23,26-27H2,1-2,4H3. The summed E-state index contributed by atoms with van der Waals surface area (Å²) in [4.78, 5) is 19.9. The number of likely N-dealkylation sites (tertiary alicyclic amines) is 1. The Labute approximate surface area is 301 Å². The molecule has 8 heteroatoms. The van der Waals surface area contributed by atoms with Crippen LogP contribution < -0.4 is 9.46 Å². The molecule has 1 N–H and O–H groups in total. The van der Waals surface area contributed by atoms with Gasteiger partial charge in [-0.1, -0.05) is 51.8 Å². The van der Waals surface area contributed by atoms with Crippen LogP contribution in [-0.4, -0.2) is 69.1 Å². The zero-order chi connectivity index (χ0) is 34.6. The number of piperidine rings is 1. The molecular formula is C42H56N4O3S. The van der Waals surface area contributed by atoms with Crippen molar-refractivity contribution in [3.05, 3.63) is 59.7 Å². The van der Waals surface area contributed by atoms with E-state index in [2.05, 4.69) is 75.9 Å². The highest BCUT2D eigenvalue weighted by molar-refractivity contribution is 7.84. The van der Waals surface area contributed by atoms with Crippen LogP contribution in [0.3, 0.4) is 0 Å². The number of fused-ring (bicyclic) bond motifs is 7. The minimum Gasteiger partial charge on any atom is -0.497 e.